The minimum absolute atomic E-state index is 0.161. The van der Waals surface area contributed by atoms with Gasteiger partial charge in [-0.25, -0.2) is 0 Å². The molecule has 1 aromatic carbocycles. The lowest BCUT2D eigenvalue weighted by atomic mass is 10.1. The van der Waals surface area contributed by atoms with Crippen LogP contribution in [0.4, 0.5) is 5.69 Å². The highest BCUT2D eigenvalue weighted by molar-refractivity contribution is 9.09. The fourth-order valence-electron chi connectivity index (χ4n) is 1.86. The number of carbonyl (C=O) groups excluding carboxylic acids is 2. The van der Waals surface area contributed by atoms with E-state index >= 15 is 0 Å². The number of hydrogen-bond donors (Lipinski definition) is 0. The summed E-state index contributed by atoms with van der Waals surface area (Å²) in [4.78, 5) is 23.7. The van der Waals surface area contributed by atoms with Crippen LogP contribution in [0.2, 0.25) is 0 Å². The first-order chi connectivity index (χ1) is 7.72. The fourth-order valence-corrected chi connectivity index (χ4v) is 2.15. The van der Waals surface area contributed by atoms with Gasteiger partial charge in [-0.15, -0.1) is 0 Å². The molecule has 1 atom stereocenters. The molecule has 0 spiro atoms. The van der Waals surface area contributed by atoms with E-state index < -0.39 is 0 Å². The summed E-state index contributed by atoms with van der Waals surface area (Å²) in [6.45, 7) is 0.774. The molecule has 1 fully saturated rings. The van der Waals surface area contributed by atoms with Crippen molar-refractivity contribution in [3.8, 4) is 0 Å². The lowest BCUT2D eigenvalue weighted by Crippen LogP contribution is -2.23. The first-order valence-electron chi connectivity index (χ1n) is 5.22. The molecule has 1 saturated heterocycles. The van der Waals surface area contributed by atoms with E-state index in [1.165, 1.54) is 0 Å². The Bertz CT molecular complexity index is 419. The maximum absolute atomic E-state index is 11.6. The zero-order valence-corrected chi connectivity index (χ0v) is 10.3. The van der Waals surface area contributed by atoms with Crippen LogP contribution in [0.1, 0.15) is 23.2 Å². The summed E-state index contributed by atoms with van der Waals surface area (Å²) in [6, 6.07) is 7.53. The van der Waals surface area contributed by atoms with Crippen molar-refractivity contribution < 1.29 is 9.59 Å². The molecule has 3 nitrogen and oxygen atoms in total. The third kappa shape index (κ3) is 2.16. The van der Waals surface area contributed by atoms with Crippen LogP contribution >= 0.6 is 15.9 Å². The predicted molar refractivity (Wildman–Crippen MR) is 65.8 cm³/mol. The Morgan fingerprint density at radius 1 is 1.44 bits per heavy atom. The summed E-state index contributed by atoms with van der Waals surface area (Å²) in [7, 11) is 0. The van der Waals surface area contributed by atoms with Crippen molar-refractivity contribution >= 4 is 33.8 Å². The quantitative estimate of drug-likeness (QED) is 0.631. The predicted octanol–water partition coefficient (Wildman–Crippen LogP) is 2.45. The number of rotatable bonds is 3. The van der Waals surface area contributed by atoms with Crippen LogP contribution in [0.25, 0.3) is 0 Å². The molecule has 0 radical (unpaired) electrons. The molecule has 1 aliphatic rings. The Morgan fingerprint density at radius 2 is 2.25 bits per heavy atom. The molecule has 1 amide bonds. The van der Waals surface area contributed by atoms with Gasteiger partial charge in [0, 0.05) is 18.7 Å². The van der Waals surface area contributed by atoms with Crippen molar-refractivity contribution in [3.63, 3.8) is 0 Å². The zero-order chi connectivity index (χ0) is 11.5. The summed E-state index contributed by atoms with van der Waals surface area (Å²) >= 11 is 3.27. The maximum atomic E-state index is 11.6. The van der Waals surface area contributed by atoms with Crippen molar-refractivity contribution in [2.45, 2.75) is 17.7 Å². The van der Waals surface area contributed by atoms with Crippen LogP contribution in [-0.4, -0.2) is 18.7 Å². The van der Waals surface area contributed by atoms with Gasteiger partial charge < -0.3 is 9.69 Å². The van der Waals surface area contributed by atoms with E-state index in [1.54, 1.807) is 4.90 Å². The average Bonchev–Trinajstić information content (AvgIpc) is 2.74. The number of aldehydes is 1. The lowest BCUT2D eigenvalue weighted by molar-refractivity contribution is -0.117. The Kier molecular flexibility index (Phi) is 3.39. The van der Waals surface area contributed by atoms with E-state index in [0.29, 0.717) is 6.42 Å². The molecule has 0 N–H and O–H groups in total. The van der Waals surface area contributed by atoms with E-state index in [-0.39, 0.29) is 10.7 Å². The SMILES string of the molecule is O=CC(Br)c1cccc(N2CCCC2=O)c1. The summed E-state index contributed by atoms with van der Waals surface area (Å²) in [6.07, 6.45) is 2.37. The standard InChI is InChI=1S/C12H12BrNO2/c13-11(8-15)9-3-1-4-10(7-9)14-6-2-5-12(14)16/h1,3-4,7-8,11H,2,5-6H2. The third-order valence-corrected chi connectivity index (χ3v) is 3.44. The van der Waals surface area contributed by atoms with Crippen LogP contribution in [0.15, 0.2) is 24.3 Å². The van der Waals surface area contributed by atoms with Gasteiger partial charge in [-0.3, -0.25) is 4.79 Å². The van der Waals surface area contributed by atoms with E-state index in [9.17, 15) is 9.59 Å². The molecule has 0 bridgehead atoms. The molecule has 0 saturated carbocycles. The van der Waals surface area contributed by atoms with Crippen molar-refractivity contribution in [2.24, 2.45) is 0 Å². The summed E-state index contributed by atoms with van der Waals surface area (Å²) < 4.78 is 0. The average molecular weight is 282 g/mol. The van der Waals surface area contributed by atoms with Gasteiger partial charge in [-0.2, -0.15) is 0 Å². The highest BCUT2D eigenvalue weighted by atomic mass is 79.9. The van der Waals surface area contributed by atoms with Gasteiger partial charge in [0.25, 0.3) is 0 Å². The van der Waals surface area contributed by atoms with Crippen molar-refractivity contribution in [2.75, 3.05) is 11.4 Å². The molecule has 16 heavy (non-hydrogen) atoms. The fraction of sp³-hybridized carbons (Fsp3) is 0.333. The van der Waals surface area contributed by atoms with Gasteiger partial charge in [0.2, 0.25) is 5.91 Å². The summed E-state index contributed by atoms with van der Waals surface area (Å²) in [5.41, 5.74) is 1.76. The molecule has 2 rings (SSSR count). The number of nitrogens with zero attached hydrogens (tertiary/aromatic N) is 1. The van der Waals surface area contributed by atoms with Gasteiger partial charge >= 0.3 is 0 Å². The molecule has 1 aromatic rings. The number of hydrogen-bond acceptors (Lipinski definition) is 2. The number of carbonyl (C=O) groups is 2. The van der Waals surface area contributed by atoms with Crippen molar-refractivity contribution in [1.82, 2.24) is 0 Å². The Morgan fingerprint density at radius 3 is 2.88 bits per heavy atom. The first-order valence-corrected chi connectivity index (χ1v) is 6.13. The second kappa shape index (κ2) is 4.78. The van der Waals surface area contributed by atoms with E-state index in [0.717, 1.165) is 30.5 Å². The molecule has 1 heterocycles. The van der Waals surface area contributed by atoms with Crippen LogP contribution in [-0.2, 0) is 9.59 Å². The molecular weight excluding hydrogens is 270 g/mol. The number of amides is 1. The van der Waals surface area contributed by atoms with Crippen molar-refractivity contribution in [3.05, 3.63) is 29.8 Å². The Balaban J connectivity index is 2.28. The largest absolute Gasteiger partial charge is 0.312 e. The third-order valence-electron chi connectivity index (χ3n) is 2.69. The minimum atomic E-state index is -0.301. The van der Waals surface area contributed by atoms with E-state index in [1.807, 2.05) is 24.3 Å². The number of benzene rings is 1. The van der Waals surface area contributed by atoms with Crippen LogP contribution in [0.3, 0.4) is 0 Å². The van der Waals surface area contributed by atoms with Gasteiger partial charge in [0.05, 0.1) is 4.83 Å². The monoisotopic (exact) mass is 281 g/mol. The molecule has 0 aromatic heterocycles. The minimum Gasteiger partial charge on any atom is -0.312 e. The van der Waals surface area contributed by atoms with Crippen LogP contribution in [0.5, 0.6) is 0 Å². The maximum Gasteiger partial charge on any atom is 0.227 e. The van der Waals surface area contributed by atoms with E-state index in [2.05, 4.69) is 15.9 Å². The topological polar surface area (TPSA) is 37.4 Å². The number of anilines is 1. The lowest BCUT2D eigenvalue weighted by Gasteiger charge is -2.16. The number of halogens is 1. The van der Waals surface area contributed by atoms with E-state index in [4.69, 9.17) is 0 Å². The molecular formula is C12H12BrNO2. The van der Waals surface area contributed by atoms with Gasteiger partial charge in [-0.05, 0) is 24.1 Å². The molecule has 1 unspecified atom stereocenters. The van der Waals surface area contributed by atoms with Gasteiger partial charge in [-0.1, -0.05) is 28.1 Å². The van der Waals surface area contributed by atoms with Gasteiger partial charge in [0.1, 0.15) is 6.29 Å². The molecule has 84 valence electrons. The van der Waals surface area contributed by atoms with Crippen molar-refractivity contribution in [1.29, 1.82) is 0 Å². The van der Waals surface area contributed by atoms with Gasteiger partial charge in [0.15, 0.2) is 0 Å². The molecule has 4 heteroatoms. The smallest absolute Gasteiger partial charge is 0.227 e. The second-order valence-electron chi connectivity index (χ2n) is 3.78. The highest BCUT2D eigenvalue weighted by Gasteiger charge is 2.22. The number of alkyl halides is 1. The summed E-state index contributed by atoms with van der Waals surface area (Å²) in [5.74, 6) is 0.161. The normalized spacial score (nSPS) is 17.6. The molecule has 0 aliphatic carbocycles. The second-order valence-corrected chi connectivity index (χ2v) is 4.77. The zero-order valence-electron chi connectivity index (χ0n) is 8.73. The first kappa shape index (κ1) is 11.3. The summed E-state index contributed by atoms with van der Waals surface area (Å²) in [5, 5.41) is 0. The van der Waals surface area contributed by atoms with Crippen LogP contribution < -0.4 is 4.90 Å². The Hall–Kier alpha value is -1.16. The Labute approximate surface area is 103 Å². The van der Waals surface area contributed by atoms with Crippen LogP contribution in [0, 0.1) is 0 Å². The molecule has 1 aliphatic heterocycles. The highest BCUT2D eigenvalue weighted by Crippen LogP contribution is 2.27.